The molecular weight excluding hydrogens is 176 g/mol. The summed E-state index contributed by atoms with van der Waals surface area (Å²) in [5, 5.41) is 7.54. The highest BCUT2D eigenvalue weighted by Crippen LogP contribution is 2.25. The van der Waals surface area contributed by atoms with Crippen molar-refractivity contribution in [2.75, 3.05) is 5.32 Å². The number of rotatable bonds is 0. The maximum Gasteiger partial charge on any atom is 0.226 e. The van der Waals surface area contributed by atoms with Crippen molar-refractivity contribution in [2.45, 2.75) is 13.5 Å². The summed E-state index contributed by atoms with van der Waals surface area (Å²) in [6.45, 7) is 2.71. The van der Waals surface area contributed by atoms with Gasteiger partial charge in [-0.1, -0.05) is 18.2 Å². The molecule has 1 N–H and O–H groups in total. The number of benzene rings is 1. The van der Waals surface area contributed by atoms with E-state index in [0.717, 1.165) is 24.0 Å². The fraction of sp³-hybridized carbons (Fsp3) is 0.200. The zero-order valence-corrected chi connectivity index (χ0v) is 7.86. The Bertz CT molecular complexity index is 444. The highest BCUT2D eigenvalue weighted by atomic mass is 15.4. The Morgan fingerprint density at radius 1 is 1.36 bits per heavy atom. The van der Waals surface area contributed by atoms with Crippen molar-refractivity contribution in [3.8, 4) is 0 Å². The topological polar surface area (TPSA) is 42.7 Å². The summed E-state index contributed by atoms with van der Waals surface area (Å²) in [4.78, 5) is 4.29. The standard InChI is InChI=1S/C10H10N4/c1-7-11-10-12-9-5-3-2-4-8(9)6-14(10)13-7/h2-5H,6H2,1H3,(H,11,12,13). The minimum atomic E-state index is 0.805. The number of para-hydroxylation sites is 1. The highest BCUT2D eigenvalue weighted by molar-refractivity contribution is 5.61. The Morgan fingerprint density at radius 2 is 2.21 bits per heavy atom. The van der Waals surface area contributed by atoms with Crippen LogP contribution in [0.4, 0.5) is 11.6 Å². The van der Waals surface area contributed by atoms with E-state index in [1.54, 1.807) is 0 Å². The molecule has 4 heteroatoms. The summed E-state index contributed by atoms with van der Waals surface area (Å²) in [6.07, 6.45) is 0. The van der Waals surface area contributed by atoms with Crippen LogP contribution < -0.4 is 5.32 Å². The number of aromatic nitrogens is 3. The van der Waals surface area contributed by atoms with E-state index in [9.17, 15) is 0 Å². The molecule has 0 unspecified atom stereocenters. The van der Waals surface area contributed by atoms with E-state index in [2.05, 4.69) is 27.5 Å². The number of hydrogen-bond acceptors (Lipinski definition) is 3. The lowest BCUT2D eigenvalue weighted by molar-refractivity contribution is 0.677. The maximum atomic E-state index is 4.29. The minimum Gasteiger partial charge on any atom is -0.324 e. The summed E-state index contributed by atoms with van der Waals surface area (Å²) in [5.41, 5.74) is 2.39. The fourth-order valence-electron chi connectivity index (χ4n) is 1.72. The Hall–Kier alpha value is -1.84. The molecule has 0 bridgehead atoms. The molecular formula is C10H10N4. The van der Waals surface area contributed by atoms with Crippen molar-refractivity contribution >= 4 is 11.6 Å². The van der Waals surface area contributed by atoms with Gasteiger partial charge in [-0.3, -0.25) is 0 Å². The van der Waals surface area contributed by atoms with E-state index < -0.39 is 0 Å². The van der Waals surface area contributed by atoms with Crippen molar-refractivity contribution < 1.29 is 0 Å². The Labute approximate surface area is 81.6 Å². The van der Waals surface area contributed by atoms with Crippen LogP contribution in [0.15, 0.2) is 24.3 Å². The number of hydrogen-bond donors (Lipinski definition) is 1. The van der Waals surface area contributed by atoms with Gasteiger partial charge in [0.25, 0.3) is 0 Å². The van der Waals surface area contributed by atoms with Crippen molar-refractivity contribution in [3.05, 3.63) is 35.7 Å². The first-order valence-corrected chi connectivity index (χ1v) is 4.59. The van der Waals surface area contributed by atoms with Crippen LogP contribution in [-0.2, 0) is 6.54 Å². The van der Waals surface area contributed by atoms with Crippen LogP contribution in [0.3, 0.4) is 0 Å². The molecule has 1 aliphatic heterocycles. The van der Waals surface area contributed by atoms with Gasteiger partial charge < -0.3 is 5.32 Å². The third-order valence-electron chi connectivity index (χ3n) is 2.36. The molecule has 0 saturated carbocycles. The lowest BCUT2D eigenvalue weighted by Gasteiger charge is -2.17. The van der Waals surface area contributed by atoms with Crippen LogP contribution in [0.1, 0.15) is 11.4 Å². The van der Waals surface area contributed by atoms with Crippen LogP contribution in [0, 0.1) is 6.92 Å². The van der Waals surface area contributed by atoms with Crippen LogP contribution in [0.5, 0.6) is 0 Å². The van der Waals surface area contributed by atoms with E-state index in [1.165, 1.54) is 5.56 Å². The second-order valence-electron chi connectivity index (χ2n) is 3.42. The number of nitrogens with one attached hydrogen (secondary N) is 1. The van der Waals surface area contributed by atoms with Gasteiger partial charge in [0, 0.05) is 5.69 Å². The van der Waals surface area contributed by atoms with Gasteiger partial charge in [-0.15, -0.1) is 0 Å². The molecule has 0 amide bonds. The largest absolute Gasteiger partial charge is 0.324 e. The molecule has 0 atom stereocenters. The maximum absolute atomic E-state index is 4.29. The fourth-order valence-corrected chi connectivity index (χ4v) is 1.72. The molecule has 1 aliphatic rings. The minimum absolute atomic E-state index is 0.805. The second-order valence-corrected chi connectivity index (χ2v) is 3.42. The first-order chi connectivity index (χ1) is 6.83. The van der Waals surface area contributed by atoms with Crippen LogP contribution in [0.2, 0.25) is 0 Å². The highest BCUT2D eigenvalue weighted by Gasteiger charge is 2.15. The number of fused-ring (bicyclic) bond motifs is 2. The molecule has 0 spiro atoms. The van der Waals surface area contributed by atoms with E-state index in [0.29, 0.717) is 0 Å². The van der Waals surface area contributed by atoms with Gasteiger partial charge in [-0.25, -0.2) is 4.68 Å². The third kappa shape index (κ3) is 1.00. The van der Waals surface area contributed by atoms with Crippen molar-refractivity contribution in [1.29, 1.82) is 0 Å². The van der Waals surface area contributed by atoms with Gasteiger partial charge in [0.2, 0.25) is 5.95 Å². The van der Waals surface area contributed by atoms with Crippen molar-refractivity contribution in [2.24, 2.45) is 0 Å². The molecule has 1 aromatic heterocycles. The smallest absolute Gasteiger partial charge is 0.226 e. The second kappa shape index (κ2) is 2.57. The Kier molecular flexibility index (Phi) is 1.39. The zero-order valence-electron chi connectivity index (χ0n) is 7.86. The molecule has 3 rings (SSSR count). The van der Waals surface area contributed by atoms with Crippen LogP contribution >= 0.6 is 0 Å². The normalized spacial score (nSPS) is 12.9. The first-order valence-electron chi connectivity index (χ1n) is 4.59. The number of anilines is 2. The average Bonchev–Trinajstić information content (AvgIpc) is 2.53. The molecule has 70 valence electrons. The van der Waals surface area contributed by atoms with E-state index in [-0.39, 0.29) is 0 Å². The molecule has 0 aliphatic carbocycles. The van der Waals surface area contributed by atoms with Gasteiger partial charge in [0.1, 0.15) is 5.82 Å². The van der Waals surface area contributed by atoms with E-state index in [4.69, 9.17) is 0 Å². The SMILES string of the molecule is Cc1nc2n(n1)Cc1ccccc1N2. The quantitative estimate of drug-likeness (QED) is 0.581. The molecule has 2 aromatic rings. The first kappa shape index (κ1) is 7.55. The lowest BCUT2D eigenvalue weighted by atomic mass is 10.1. The molecule has 4 nitrogen and oxygen atoms in total. The monoisotopic (exact) mass is 186 g/mol. The predicted molar refractivity (Wildman–Crippen MR) is 53.6 cm³/mol. The molecule has 0 radical (unpaired) electrons. The lowest BCUT2D eigenvalue weighted by Crippen LogP contribution is -2.13. The van der Waals surface area contributed by atoms with Gasteiger partial charge in [0.15, 0.2) is 0 Å². The zero-order chi connectivity index (χ0) is 9.54. The van der Waals surface area contributed by atoms with Gasteiger partial charge in [-0.2, -0.15) is 10.1 Å². The van der Waals surface area contributed by atoms with Gasteiger partial charge >= 0.3 is 0 Å². The molecule has 0 fully saturated rings. The van der Waals surface area contributed by atoms with Crippen LogP contribution in [0.25, 0.3) is 0 Å². The van der Waals surface area contributed by atoms with Crippen molar-refractivity contribution in [3.63, 3.8) is 0 Å². The number of nitrogens with zero attached hydrogens (tertiary/aromatic N) is 3. The molecule has 14 heavy (non-hydrogen) atoms. The Morgan fingerprint density at radius 3 is 3.14 bits per heavy atom. The Balaban J connectivity index is 2.12. The average molecular weight is 186 g/mol. The van der Waals surface area contributed by atoms with E-state index >= 15 is 0 Å². The number of aryl methyl sites for hydroxylation is 1. The summed E-state index contributed by atoms with van der Waals surface area (Å²) >= 11 is 0. The predicted octanol–water partition coefficient (Wildman–Crippen LogP) is 1.69. The summed E-state index contributed by atoms with van der Waals surface area (Å²) in [7, 11) is 0. The molecule has 0 saturated heterocycles. The van der Waals surface area contributed by atoms with E-state index in [1.807, 2.05) is 23.7 Å². The molecule has 2 heterocycles. The summed E-state index contributed by atoms with van der Waals surface area (Å²) in [5.74, 6) is 1.64. The van der Waals surface area contributed by atoms with Gasteiger partial charge in [-0.05, 0) is 18.6 Å². The van der Waals surface area contributed by atoms with Crippen molar-refractivity contribution in [1.82, 2.24) is 14.8 Å². The van der Waals surface area contributed by atoms with Gasteiger partial charge in [0.05, 0.1) is 6.54 Å². The van der Waals surface area contributed by atoms with Crippen LogP contribution in [-0.4, -0.2) is 14.8 Å². The summed E-state index contributed by atoms with van der Waals surface area (Å²) < 4.78 is 1.89. The third-order valence-corrected chi connectivity index (χ3v) is 2.36. The summed E-state index contributed by atoms with van der Waals surface area (Å²) in [6, 6.07) is 8.21. The molecule has 1 aromatic carbocycles.